The number of furan rings is 1. The number of carbonyl (C=O) groups excluding carboxylic acids is 1. The van der Waals surface area contributed by atoms with Gasteiger partial charge in [0.15, 0.2) is 0 Å². The molecule has 0 radical (unpaired) electrons. The fourth-order valence-corrected chi connectivity index (χ4v) is 3.95. The number of hydrogen-bond acceptors (Lipinski definition) is 6. The van der Waals surface area contributed by atoms with Crippen molar-refractivity contribution in [3.8, 4) is 0 Å². The fourth-order valence-electron chi connectivity index (χ4n) is 2.92. The minimum atomic E-state index is -0.218. The van der Waals surface area contributed by atoms with Crippen LogP contribution in [0.4, 0.5) is 5.82 Å². The van der Waals surface area contributed by atoms with Gasteiger partial charge in [-0.3, -0.25) is 4.79 Å². The van der Waals surface area contributed by atoms with Crippen LogP contribution in [0, 0.1) is 0 Å². The van der Waals surface area contributed by atoms with Crippen LogP contribution in [0.3, 0.4) is 0 Å². The van der Waals surface area contributed by atoms with Gasteiger partial charge in [-0.2, -0.15) is 9.78 Å². The first-order valence-electron chi connectivity index (χ1n) is 8.09. The maximum atomic E-state index is 12.7. The van der Waals surface area contributed by atoms with Crippen LogP contribution in [0.15, 0.2) is 41.2 Å². The van der Waals surface area contributed by atoms with Crippen LogP contribution in [0.2, 0.25) is 4.34 Å². The van der Waals surface area contributed by atoms with Crippen LogP contribution >= 0.6 is 22.9 Å². The summed E-state index contributed by atoms with van der Waals surface area (Å²) in [5, 5.41) is 11.3. The maximum absolute atomic E-state index is 12.7. The summed E-state index contributed by atoms with van der Waals surface area (Å²) in [7, 11) is 0. The van der Waals surface area contributed by atoms with Crippen molar-refractivity contribution < 1.29 is 9.21 Å². The van der Waals surface area contributed by atoms with Gasteiger partial charge >= 0.3 is 0 Å². The molecule has 0 aromatic carbocycles. The van der Waals surface area contributed by atoms with Gasteiger partial charge in [0.2, 0.25) is 0 Å². The Morgan fingerprint density at radius 2 is 2.40 bits per heavy atom. The molecule has 130 valence electrons. The molecule has 1 saturated heterocycles. The van der Waals surface area contributed by atoms with Crippen LogP contribution in [0.1, 0.15) is 39.8 Å². The predicted octanol–water partition coefficient (Wildman–Crippen LogP) is 3.92. The van der Waals surface area contributed by atoms with E-state index in [1.165, 1.54) is 28.5 Å². The summed E-state index contributed by atoms with van der Waals surface area (Å²) in [6, 6.07) is 7.61. The Hall–Kier alpha value is -2.09. The summed E-state index contributed by atoms with van der Waals surface area (Å²) in [6.45, 7) is 1.56. The zero-order valence-corrected chi connectivity index (χ0v) is 14.9. The molecule has 1 fully saturated rings. The largest absolute Gasteiger partial charge is 0.472 e. The van der Waals surface area contributed by atoms with Gasteiger partial charge in [-0.15, -0.1) is 11.3 Å². The normalized spacial score (nSPS) is 17.1. The Bertz CT molecular complexity index is 865. The van der Waals surface area contributed by atoms with E-state index in [2.05, 4.69) is 15.7 Å². The molecule has 1 unspecified atom stereocenters. The monoisotopic (exact) mass is 376 g/mol. The topological polar surface area (TPSA) is 72.1 Å². The Kier molecular flexibility index (Phi) is 4.61. The highest BCUT2D eigenvalue weighted by atomic mass is 35.5. The third-order valence-corrected chi connectivity index (χ3v) is 5.41. The fraction of sp³-hybridized carbons (Fsp3) is 0.294. The summed E-state index contributed by atoms with van der Waals surface area (Å²) >= 11 is 7.49. The van der Waals surface area contributed by atoms with Crippen LogP contribution < -0.4 is 10.6 Å². The highest BCUT2D eigenvalue weighted by Gasteiger charge is 2.23. The Labute approximate surface area is 153 Å². The molecule has 3 aromatic rings. The van der Waals surface area contributed by atoms with Crippen molar-refractivity contribution in [2.45, 2.75) is 25.4 Å². The molecule has 2 N–H and O–H groups in total. The minimum Gasteiger partial charge on any atom is -0.472 e. The van der Waals surface area contributed by atoms with Gasteiger partial charge in [0, 0.05) is 10.9 Å². The lowest BCUT2D eigenvalue weighted by Gasteiger charge is -2.06. The summed E-state index contributed by atoms with van der Waals surface area (Å²) in [5.41, 5.74) is 1.34. The third-order valence-electron chi connectivity index (χ3n) is 4.18. The Morgan fingerprint density at radius 3 is 3.08 bits per heavy atom. The number of aromatic nitrogens is 2. The van der Waals surface area contributed by atoms with Crippen LogP contribution in [0.25, 0.3) is 0 Å². The zero-order chi connectivity index (χ0) is 17.2. The van der Waals surface area contributed by atoms with E-state index in [0.29, 0.717) is 17.9 Å². The van der Waals surface area contributed by atoms with Gasteiger partial charge in [0.25, 0.3) is 5.91 Å². The summed E-state index contributed by atoms with van der Waals surface area (Å²) in [4.78, 5) is 13.8. The number of carbonyl (C=O) groups is 1. The van der Waals surface area contributed by atoms with E-state index in [1.54, 1.807) is 6.07 Å². The van der Waals surface area contributed by atoms with E-state index in [1.807, 2.05) is 18.2 Å². The molecular formula is C17H17ClN4O2S. The Balaban J connectivity index is 1.61. The van der Waals surface area contributed by atoms with Gasteiger partial charge in [-0.25, -0.2) is 0 Å². The van der Waals surface area contributed by atoms with Gasteiger partial charge in [0.1, 0.15) is 12.1 Å². The van der Waals surface area contributed by atoms with Crippen LogP contribution in [0.5, 0.6) is 0 Å². The van der Waals surface area contributed by atoms with Gasteiger partial charge in [0.05, 0.1) is 34.4 Å². The first-order valence-corrected chi connectivity index (χ1v) is 9.28. The van der Waals surface area contributed by atoms with E-state index in [4.69, 9.17) is 16.0 Å². The standard InChI is InChI=1S/C17H17ClN4O2S/c18-15-4-3-12(25-15)9-20-16-8-14(13-2-1-6-19-13)21-22(16)17(23)11-5-7-24-10-11/h3-5,7-8,10,13,19-20H,1-2,6,9H2. The van der Waals surface area contributed by atoms with Crippen molar-refractivity contribution in [1.29, 1.82) is 0 Å². The lowest BCUT2D eigenvalue weighted by atomic mass is 10.2. The molecule has 1 atom stereocenters. The van der Waals surface area contributed by atoms with Crippen molar-refractivity contribution in [1.82, 2.24) is 15.1 Å². The van der Waals surface area contributed by atoms with Crippen molar-refractivity contribution in [3.63, 3.8) is 0 Å². The van der Waals surface area contributed by atoms with Gasteiger partial charge in [-0.05, 0) is 37.6 Å². The molecule has 0 bridgehead atoms. The molecule has 0 aliphatic carbocycles. The van der Waals surface area contributed by atoms with Crippen LogP contribution in [-0.2, 0) is 6.54 Å². The number of nitrogens with one attached hydrogen (secondary N) is 2. The third kappa shape index (κ3) is 3.49. The van der Waals surface area contributed by atoms with Gasteiger partial charge < -0.3 is 15.1 Å². The molecule has 4 rings (SSSR count). The molecule has 6 nitrogen and oxygen atoms in total. The van der Waals surface area contributed by atoms with E-state index >= 15 is 0 Å². The first kappa shape index (κ1) is 16.4. The average molecular weight is 377 g/mol. The summed E-state index contributed by atoms with van der Waals surface area (Å²) < 4.78 is 7.19. The molecule has 0 amide bonds. The number of hydrogen-bond donors (Lipinski definition) is 2. The lowest BCUT2D eigenvalue weighted by Crippen LogP contribution is -2.18. The van der Waals surface area contributed by atoms with Crippen molar-refractivity contribution >= 4 is 34.7 Å². The molecule has 0 saturated carbocycles. The minimum absolute atomic E-state index is 0.190. The maximum Gasteiger partial charge on any atom is 0.283 e. The van der Waals surface area contributed by atoms with Crippen molar-refractivity contribution in [3.05, 3.63) is 57.3 Å². The van der Waals surface area contributed by atoms with E-state index < -0.39 is 0 Å². The van der Waals surface area contributed by atoms with Crippen molar-refractivity contribution in [2.75, 3.05) is 11.9 Å². The predicted molar refractivity (Wildman–Crippen MR) is 97.3 cm³/mol. The van der Waals surface area contributed by atoms with E-state index in [0.717, 1.165) is 34.3 Å². The Morgan fingerprint density at radius 1 is 1.48 bits per heavy atom. The highest BCUT2D eigenvalue weighted by Crippen LogP contribution is 2.26. The number of halogens is 1. The number of rotatable bonds is 5. The second-order valence-electron chi connectivity index (χ2n) is 5.89. The van der Waals surface area contributed by atoms with E-state index in [-0.39, 0.29) is 11.9 Å². The lowest BCUT2D eigenvalue weighted by molar-refractivity contribution is 0.0946. The van der Waals surface area contributed by atoms with Crippen molar-refractivity contribution in [2.24, 2.45) is 0 Å². The second kappa shape index (κ2) is 7.03. The van der Waals surface area contributed by atoms with E-state index in [9.17, 15) is 4.79 Å². The molecule has 0 spiro atoms. The highest BCUT2D eigenvalue weighted by molar-refractivity contribution is 7.16. The van der Waals surface area contributed by atoms with Gasteiger partial charge in [-0.1, -0.05) is 11.6 Å². The first-order chi connectivity index (χ1) is 12.2. The smallest absolute Gasteiger partial charge is 0.283 e. The average Bonchev–Trinajstić information content (AvgIpc) is 3.38. The molecule has 8 heteroatoms. The molecule has 1 aliphatic rings. The quantitative estimate of drug-likeness (QED) is 0.706. The number of anilines is 1. The molecule has 1 aliphatic heterocycles. The van der Waals surface area contributed by atoms with Crippen LogP contribution in [-0.4, -0.2) is 22.2 Å². The number of nitrogens with zero attached hydrogens (tertiary/aromatic N) is 2. The molecule has 3 aromatic heterocycles. The molecule has 4 heterocycles. The second-order valence-corrected chi connectivity index (χ2v) is 7.69. The molecular weight excluding hydrogens is 360 g/mol. The molecule has 25 heavy (non-hydrogen) atoms. The summed E-state index contributed by atoms with van der Waals surface area (Å²) in [5.74, 6) is 0.448. The zero-order valence-electron chi connectivity index (χ0n) is 13.4. The number of thiophene rings is 1. The SMILES string of the molecule is O=C(c1ccoc1)n1nc(C2CCCN2)cc1NCc1ccc(Cl)s1. The summed E-state index contributed by atoms with van der Waals surface area (Å²) in [6.07, 6.45) is 5.05.